The summed E-state index contributed by atoms with van der Waals surface area (Å²) >= 11 is 0. The Morgan fingerprint density at radius 2 is 1.97 bits per heavy atom. The van der Waals surface area contributed by atoms with Crippen LogP contribution in [0.25, 0.3) is 11.1 Å². The number of rotatable bonds is 4. The molecule has 0 unspecified atom stereocenters. The molecule has 5 rings (SSSR count). The number of hydrogen-bond acceptors (Lipinski definition) is 6. The van der Waals surface area contributed by atoms with Gasteiger partial charge in [0.2, 0.25) is 5.95 Å². The van der Waals surface area contributed by atoms with Crippen LogP contribution in [-0.2, 0) is 10.3 Å². The third kappa shape index (κ3) is 3.81. The highest BCUT2D eigenvalue weighted by atomic mass is 19.1. The first-order valence-electron chi connectivity index (χ1n) is 10.7. The highest BCUT2D eigenvalue weighted by Gasteiger charge is 2.46. The van der Waals surface area contributed by atoms with Gasteiger partial charge in [0.15, 0.2) is 11.6 Å². The molecule has 6 nitrogen and oxygen atoms in total. The predicted octanol–water partition coefficient (Wildman–Crippen LogP) is 5.24. The monoisotopic (exact) mass is 469 g/mol. The zero-order valence-electron chi connectivity index (χ0n) is 18.6. The predicted molar refractivity (Wildman–Crippen MR) is 120 cm³/mol. The van der Waals surface area contributed by atoms with Crippen LogP contribution >= 0.6 is 0 Å². The summed E-state index contributed by atoms with van der Waals surface area (Å²) in [7, 11) is 0. The van der Waals surface area contributed by atoms with Crippen molar-refractivity contribution in [1.82, 2.24) is 4.98 Å². The summed E-state index contributed by atoms with van der Waals surface area (Å²) < 4.78 is 60.5. The fourth-order valence-electron chi connectivity index (χ4n) is 4.25. The summed E-state index contributed by atoms with van der Waals surface area (Å²) in [6.07, 6.45) is 1.68. The van der Waals surface area contributed by atoms with Crippen LogP contribution in [0.15, 0.2) is 53.7 Å². The van der Waals surface area contributed by atoms with Crippen molar-refractivity contribution in [2.45, 2.75) is 31.5 Å². The standard InChI is InChI=1S/C25H22F3N3O3/c1-24(2,28)13-33-15-11-18-21(19(26)12-15)34-20-6-5-14(16-4-3-8-30-22(16)27)10-17(20)25(18)7-9-32-23(29)31-25/h3-6,8,10-12H,7,9,13H2,1-2H3,(H2,29,31)/t25-/m1/s1. The largest absolute Gasteiger partial charge is 0.490 e. The maximum Gasteiger partial charge on any atom is 0.283 e. The van der Waals surface area contributed by atoms with Gasteiger partial charge in [0.25, 0.3) is 6.02 Å². The number of nitrogens with zero attached hydrogens (tertiary/aromatic N) is 2. The quantitative estimate of drug-likeness (QED) is 0.529. The van der Waals surface area contributed by atoms with Gasteiger partial charge in [-0.3, -0.25) is 0 Å². The molecule has 0 fully saturated rings. The molecule has 1 spiro atoms. The Bertz CT molecular complexity index is 1310. The van der Waals surface area contributed by atoms with Crippen molar-refractivity contribution in [2.75, 3.05) is 13.2 Å². The number of halogens is 3. The fourth-order valence-corrected chi connectivity index (χ4v) is 4.25. The van der Waals surface area contributed by atoms with Crippen LogP contribution in [0.1, 0.15) is 31.4 Å². The molecule has 9 heteroatoms. The SMILES string of the molecule is CC(C)(F)COc1cc(F)c2c(c1)[C@@]1(CCOC(N)=N1)c1cc(-c3cccnc3F)ccc1O2. The van der Waals surface area contributed by atoms with E-state index in [0.29, 0.717) is 34.4 Å². The number of pyridine rings is 1. The summed E-state index contributed by atoms with van der Waals surface area (Å²) in [5.41, 5.74) is 4.94. The first-order valence-corrected chi connectivity index (χ1v) is 10.7. The number of ether oxygens (including phenoxy) is 3. The Balaban J connectivity index is 1.70. The van der Waals surface area contributed by atoms with Crippen molar-refractivity contribution in [3.8, 4) is 28.4 Å². The van der Waals surface area contributed by atoms with Crippen LogP contribution in [0.2, 0.25) is 0 Å². The minimum Gasteiger partial charge on any atom is -0.490 e. The molecule has 1 aromatic heterocycles. The molecule has 1 atom stereocenters. The van der Waals surface area contributed by atoms with Crippen LogP contribution < -0.4 is 15.2 Å². The lowest BCUT2D eigenvalue weighted by molar-refractivity contribution is 0.120. The zero-order valence-corrected chi connectivity index (χ0v) is 18.6. The van der Waals surface area contributed by atoms with Crippen molar-refractivity contribution >= 4 is 6.02 Å². The third-order valence-corrected chi connectivity index (χ3v) is 5.77. The Labute approximate surface area is 194 Å². The normalized spacial score (nSPS) is 18.9. The van der Waals surface area contributed by atoms with E-state index < -0.39 is 23.0 Å². The summed E-state index contributed by atoms with van der Waals surface area (Å²) in [5.74, 6) is -0.853. The van der Waals surface area contributed by atoms with E-state index in [1.54, 1.807) is 36.4 Å². The first kappa shape index (κ1) is 22.1. The van der Waals surface area contributed by atoms with Crippen LogP contribution in [0.3, 0.4) is 0 Å². The van der Waals surface area contributed by atoms with E-state index in [1.165, 1.54) is 20.0 Å². The molecule has 2 aromatic carbocycles. The fraction of sp³-hybridized carbons (Fsp3) is 0.280. The summed E-state index contributed by atoms with van der Waals surface area (Å²) in [6.45, 7) is 2.68. The van der Waals surface area contributed by atoms with Gasteiger partial charge >= 0.3 is 0 Å². The number of amidine groups is 1. The van der Waals surface area contributed by atoms with Crippen LogP contribution in [-0.4, -0.2) is 29.9 Å². The van der Waals surface area contributed by atoms with E-state index in [2.05, 4.69) is 9.98 Å². The maximum absolute atomic E-state index is 15.2. The van der Waals surface area contributed by atoms with Crippen molar-refractivity contribution in [3.05, 3.63) is 71.6 Å². The van der Waals surface area contributed by atoms with Crippen LogP contribution in [0, 0.1) is 11.8 Å². The molecular formula is C25H22F3N3O3. The van der Waals surface area contributed by atoms with Gasteiger partial charge in [0.1, 0.15) is 29.3 Å². The van der Waals surface area contributed by atoms with Gasteiger partial charge in [0.05, 0.1) is 6.61 Å². The Kier molecular flexibility index (Phi) is 5.15. The average Bonchev–Trinajstić information content (AvgIpc) is 2.78. The molecule has 0 saturated heterocycles. The number of alkyl halides is 1. The van der Waals surface area contributed by atoms with E-state index in [9.17, 15) is 8.78 Å². The lowest BCUT2D eigenvalue weighted by Gasteiger charge is -2.39. The molecular weight excluding hydrogens is 447 g/mol. The number of aromatic nitrogens is 1. The van der Waals surface area contributed by atoms with Gasteiger partial charge in [0, 0.05) is 35.4 Å². The van der Waals surface area contributed by atoms with Crippen molar-refractivity contribution in [3.63, 3.8) is 0 Å². The molecule has 3 aromatic rings. The highest BCUT2D eigenvalue weighted by molar-refractivity contribution is 5.76. The molecule has 3 heterocycles. The molecule has 2 aliphatic rings. The number of hydrogen-bond donors (Lipinski definition) is 1. The van der Waals surface area contributed by atoms with E-state index in [0.717, 1.165) is 6.07 Å². The van der Waals surface area contributed by atoms with Gasteiger partial charge < -0.3 is 19.9 Å². The number of nitrogens with two attached hydrogens (primary N) is 1. The summed E-state index contributed by atoms with van der Waals surface area (Å²) in [4.78, 5) is 8.31. The minimum atomic E-state index is -1.61. The van der Waals surface area contributed by atoms with Gasteiger partial charge in [-0.2, -0.15) is 4.39 Å². The maximum atomic E-state index is 15.2. The van der Waals surface area contributed by atoms with Gasteiger partial charge in [-0.1, -0.05) is 6.07 Å². The zero-order chi connectivity index (χ0) is 24.1. The first-order chi connectivity index (χ1) is 16.2. The van der Waals surface area contributed by atoms with Gasteiger partial charge in [-0.25, -0.2) is 18.8 Å². The molecule has 176 valence electrons. The van der Waals surface area contributed by atoms with Crippen molar-refractivity contribution in [2.24, 2.45) is 10.7 Å². The topological polar surface area (TPSA) is 79.0 Å². The molecule has 0 aliphatic carbocycles. The van der Waals surface area contributed by atoms with Crippen LogP contribution in [0.4, 0.5) is 13.2 Å². The average molecular weight is 469 g/mol. The molecule has 34 heavy (non-hydrogen) atoms. The molecule has 2 aliphatic heterocycles. The Morgan fingerprint density at radius 3 is 2.71 bits per heavy atom. The number of aliphatic imine (C=N–C) groups is 1. The van der Waals surface area contributed by atoms with E-state index in [-0.39, 0.29) is 30.7 Å². The second-order valence-corrected chi connectivity index (χ2v) is 8.85. The van der Waals surface area contributed by atoms with Gasteiger partial charge in [-0.05, 0) is 49.7 Å². The molecule has 0 radical (unpaired) electrons. The minimum absolute atomic E-state index is 0.0295. The Morgan fingerprint density at radius 1 is 1.15 bits per heavy atom. The molecule has 0 bridgehead atoms. The molecule has 0 saturated carbocycles. The number of benzene rings is 2. The van der Waals surface area contributed by atoms with Crippen molar-refractivity contribution in [1.29, 1.82) is 0 Å². The van der Waals surface area contributed by atoms with E-state index in [1.807, 2.05) is 0 Å². The van der Waals surface area contributed by atoms with Crippen LogP contribution in [0.5, 0.6) is 17.2 Å². The molecule has 0 amide bonds. The van der Waals surface area contributed by atoms with Crippen molar-refractivity contribution < 1.29 is 27.4 Å². The van der Waals surface area contributed by atoms with E-state index in [4.69, 9.17) is 19.9 Å². The summed E-state index contributed by atoms with van der Waals surface area (Å²) in [6, 6.07) is 10.9. The van der Waals surface area contributed by atoms with E-state index >= 15 is 4.39 Å². The lowest BCUT2D eigenvalue weighted by Crippen LogP contribution is -2.38. The second-order valence-electron chi connectivity index (χ2n) is 8.85. The second kappa shape index (κ2) is 7.93. The Hall–Kier alpha value is -3.75. The van der Waals surface area contributed by atoms with Gasteiger partial charge in [-0.15, -0.1) is 0 Å². The number of fused-ring (bicyclic) bond motifs is 4. The smallest absolute Gasteiger partial charge is 0.283 e. The lowest BCUT2D eigenvalue weighted by atomic mass is 9.77. The third-order valence-electron chi connectivity index (χ3n) is 5.77. The summed E-state index contributed by atoms with van der Waals surface area (Å²) in [5, 5.41) is 0. The highest BCUT2D eigenvalue weighted by Crippen LogP contribution is 2.54. The molecule has 2 N–H and O–H groups in total.